The van der Waals surface area contributed by atoms with Gasteiger partial charge in [-0.1, -0.05) is 13.3 Å². The Morgan fingerprint density at radius 1 is 1.38 bits per heavy atom. The lowest BCUT2D eigenvalue weighted by Gasteiger charge is -2.11. The lowest BCUT2D eigenvalue weighted by Crippen LogP contribution is -2.27. The summed E-state index contributed by atoms with van der Waals surface area (Å²) in [7, 11) is 3.33. The van der Waals surface area contributed by atoms with Crippen molar-refractivity contribution in [1.82, 2.24) is 24.2 Å². The molecule has 2 aromatic heterocycles. The summed E-state index contributed by atoms with van der Waals surface area (Å²) in [4.78, 5) is 28.3. The third-order valence-corrected chi connectivity index (χ3v) is 4.22. The third kappa shape index (κ3) is 1.93. The Hall–Kier alpha value is -1.96. The minimum Gasteiger partial charge on any atom is -0.328 e. The van der Waals surface area contributed by atoms with Crippen molar-refractivity contribution in [1.29, 1.82) is 0 Å². The summed E-state index contributed by atoms with van der Waals surface area (Å²) in [6, 6.07) is -0.575. The number of rotatable bonds is 3. The molecular weight excluding hydrogens is 290 g/mol. The van der Waals surface area contributed by atoms with Gasteiger partial charge in [0.1, 0.15) is 11.6 Å². The Labute approximate surface area is 126 Å². The van der Waals surface area contributed by atoms with Gasteiger partial charge < -0.3 is 4.98 Å². The number of H-pyrrole nitrogens is 1. The number of likely N-dealkylation sites (N-methyl/N-ethyl adjacent to an activating group) is 1. The molecule has 3 rings (SSSR count). The molecule has 112 valence electrons. The molecule has 1 atom stereocenters. The fourth-order valence-corrected chi connectivity index (χ4v) is 3.19. The molecule has 0 bridgehead atoms. The van der Waals surface area contributed by atoms with Crippen LogP contribution in [0.1, 0.15) is 31.5 Å². The third-order valence-electron chi connectivity index (χ3n) is 3.92. The highest BCUT2D eigenvalue weighted by Crippen LogP contribution is 2.29. The molecule has 0 aromatic carbocycles. The van der Waals surface area contributed by atoms with Crippen molar-refractivity contribution >= 4 is 35.2 Å². The van der Waals surface area contributed by atoms with Crippen LogP contribution in [0.2, 0.25) is 0 Å². The van der Waals surface area contributed by atoms with Crippen molar-refractivity contribution < 1.29 is 9.59 Å². The van der Waals surface area contributed by atoms with Gasteiger partial charge in [-0.3, -0.25) is 23.7 Å². The van der Waals surface area contributed by atoms with E-state index in [1.807, 2.05) is 7.05 Å². The summed E-state index contributed by atoms with van der Waals surface area (Å²) >= 11 is 5.36. The van der Waals surface area contributed by atoms with Gasteiger partial charge in [-0.15, -0.1) is 0 Å². The predicted octanol–water partition coefficient (Wildman–Crippen LogP) is 1.31. The monoisotopic (exact) mass is 307 g/mol. The van der Waals surface area contributed by atoms with Gasteiger partial charge in [0.05, 0.1) is 12.1 Å². The van der Waals surface area contributed by atoms with Gasteiger partial charge in [-0.05, 0) is 18.6 Å². The Morgan fingerprint density at radius 3 is 2.67 bits per heavy atom. The highest BCUT2D eigenvalue weighted by atomic mass is 32.1. The number of imidazole rings is 1. The number of aromatic nitrogens is 4. The number of hydrogen-bond acceptors (Lipinski definition) is 4. The first-order valence-corrected chi connectivity index (χ1v) is 7.33. The number of nitrogens with one attached hydrogen (secondary N) is 1. The normalized spacial score (nSPS) is 19.2. The second kappa shape index (κ2) is 4.80. The molecule has 1 saturated heterocycles. The maximum absolute atomic E-state index is 12.2. The van der Waals surface area contributed by atoms with Gasteiger partial charge in [0.25, 0.3) is 5.91 Å². The quantitative estimate of drug-likeness (QED) is 0.685. The molecule has 7 nitrogen and oxygen atoms in total. The number of aryl methyl sites for hydroxylation is 2. The van der Waals surface area contributed by atoms with Gasteiger partial charge in [0, 0.05) is 14.1 Å². The number of aromatic amines is 1. The van der Waals surface area contributed by atoms with Crippen LogP contribution in [-0.4, -0.2) is 43.1 Å². The average molecular weight is 307 g/mol. The van der Waals surface area contributed by atoms with Gasteiger partial charge in [0.2, 0.25) is 5.91 Å². The van der Waals surface area contributed by atoms with E-state index in [4.69, 9.17) is 12.2 Å². The van der Waals surface area contributed by atoms with Crippen LogP contribution in [0.3, 0.4) is 0 Å². The molecule has 1 unspecified atom stereocenters. The van der Waals surface area contributed by atoms with Crippen molar-refractivity contribution in [2.45, 2.75) is 32.2 Å². The van der Waals surface area contributed by atoms with Crippen LogP contribution in [0.5, 0.6) is 0 Å². The number of fused-ring (bicyclic) bond motifs is 1. The predicted molar refractivity (Wildman–Crippen MR) is 79.3 cm³/mol. The number of carbonyl (C=O) groups excluding carboxylic acids is 2. The Kier molecular flexibility index (Phi) is 3.20. The summed E-state index contributed by atoms with van der Waals surface area (Å²) < 4.78 is 3.90. The molecule has 8 heteroatoms. The molecule has 0 saturated carbocycles. The molecule has 1 N–H and O–H groups in total. The molecule has 0 spiro atoms. The average Bonchev–Trinajstić information content (AvgIpc) is 3.00. The van der Waals surface area contributed by atoms with Gasteiger partial charge in [-0.2, -0.15) is 5.10 Å². The van der Waals surface area contributed by atoms with Crippen LogP contribution in [0.25, 0.3) is 11.2 Å². The SMILES string of the molecule is CCCc1nn(C)c2c1[nH]c(=S)n2C1CC(=O)N(C)C1=O. The highest BCUT2D eigenvalue weighted by molar-refractivity contribution is 7.71. The van der Waals surface area contributed by atoms with E-state index in [1.165, 1.54) is 7.05 Å². The largest absolute Gasteiger partial charge is 0.328 e. The number of imide groups is 1. The second-order valence-corrected chi connectivity index (χ2v) is 5.72. The standard InChI is InChI=1S/C13H17N5O2S/c1-4-5-7-10-11(17(3)15-7)18(13(21)14-10)8-6-9(19)16(2)12(8)20/h8H,4-6H2,1-3H3,(H,14,21). The fourth-order valence-electron chi connectivity index (χ4n) is 2.88. The second-order valence-electron chi connectivity index (χ2n) is 5.33. The van der Waals surface area contributed by atoms with E-state index >= 15 is 0 Å². The molecule has 1 fully saturated rings. The molecule has 1 aliphatic heterocycles. The number of hydrogen-bond donors (Lipinski definition) is 1. The molecule has 21 heavy (non-hydrogen) atoms. The van der Waals surface area contributed by atoms with Gasteiger partial charge in [-0.25, -0.2) is 0 Å². The van der Waals surface area contributed by atoms with Crippen LogP contribution in [-0.2, 0) is 23.1 Å². The van der Waals surface area contributed by atoms with Crippen LogP contribution in [0, 0.1) is 4.77 Å². The van der Waals surface area contributed by atoms with E-state index < -0.39 is 6.04 Å². The molecule has 0 radical (unpaired) electrons. The summed E-state index contributed by atoms with van der Waals surface area (Å²) in [5.41, 5.74) is 2.56. The molecule has 3 heterocycles. The van der Waals surface area contributed by atoms with Crippen LogP contribution < -0.4 is 0 Å². The Bertz CT molecular complexity index is 799. The van der Waals surface area contributed by atoms with Crippen LogP contribution >= 0.6 is 12.2 Å². The summed E-state index contributed by atoms with van der Waals surface area (Å²) in [5, 5.41) is 4.48. The molecule has 1 aliphatic rings. The topological polar surface area (TPSA) is 75.9 Å². The minimum atomic E-state index is -0.575. The zero-order valence-electron chi connectivity index (χ0n) is 12.2. The fraction of sp³-hybridized carbons (Fsp3) is 0.538. The van der Waals surface area contributed by atoms with E-state index in [2.05, 4.69) is 17.0 Å². The molecular formula is C13H17N5O2S. The van der Waals surface area contributed by atoms with Crippen molar-refractivity contribution in [2.75, 3.05) is 7.05 Å². The summed E-state index contributed by atoms with van der Waals surface area (Å²) in [6.07, 6.45) is 1.95. The van der Waals surface area contributed by atoms with Crippen molar-refractivity contribution in [3.63, 3.8) is 0 Å². The minimum absolute atomic E-state index is 0.144. The summed E-state index contributed by atoms with van der Waals surface area (Å²) in [6.45, 7) is 2.08. The number of amides is 2. The van der Waals surface area contributed by atoms with Gasteiger partial charge in [0.15, 0.2) is 10.4 Å². The maximum Gasteiger partial charge on any atom is 0.252 e. The molecule has 2 amide bonds. The Morgan fingerprint density at radius 2 is 2.10 bits per heavy atom. The first kappa shape index (κ1) is 14.0. The van der Waals surface area contributed by atoms with E-state index in [9.17, 15) is 9.59 Å². The van der Waals surface area contributed by atoms with E-state index in [1.54, 1.807) is 9.25 Å². The zero-order valence-corrected chi connectivity index (χ0v) is 13.0. The van der Waals surface area contributed by atoms with Crippen LogP contribution in [0.15, 0.2) is 0 Å². The highest BCUT2D eigenvalue weighted by Gasteiger charge is 2.39. The zero-order chi connectivity index (χ0) is 15.3. The number of nitrogens with zero attached hydrogens (tertiary/aromatic N) is 4. The molecule has 0 aliphatic carbocycles. The summed E-state index contributed by atoms with van der Waals surface area (Å²) in [5.74, 6) is -0.410. The Balaban J connectivity index is 2.20. The van der Waals surface area contributed by atoms with Gasteiger partial charge >= 0.3 is 0 Å². The van der Waals surface area contributed by atoms with E-state index in [0.717, 1.165) is 34.6 Å². The first-order chi connectivity index (χ1) is 9.95. The lowest BCUT2D eigenvalue weighted by molar-refractivity contribution is -0.137. The number of carbonyl (C=O) groups is 2. The first-order valence-electron chi connectivity index (χ1n) is 6.92. The van der Waals surface area contributed by atoms with Crippen molar-refractivity contribution in [3.8, 4) is 0 Å². The van der Waals surface area contributed by atoms with Crippen molar-refractivity contribution in [3.05, 3.63) is 10.5 Å². The van der Waals surface area contributed by atoms with E-state index in [-0.39, 0.29) is 18.2 Å². The van der Waals surface area contributed by atoms with Crippen molar-refractivity contribution in [2.24, 2.45) is 7.05 Å². The van der Waals surface area contributed by atoms with E-state index in [0.29, 0.717) is 4.77 Å². The lowest BCUT2D eigenvalue weighted by atomic mass is 10.2. The number of likely N-dealkylation sites (tertiary alicyclic amines) is 1. The molecule has 2 aromatic rings. The smallest absolute Gasteiger partial charge is 0.252 e. The maximum atomic E-state index is 12.2. The van der Waals surface area contributed by atoms with Crippen LogP contribution in [0.4, 0.5) is 0 Å².